The van der Waals surface area contributed by atoms with Gasteiger partial charge >= 0.3 is 5.97 Å². The topological polar surface area (TPSA) is 92.7 Å². The van der Waals surface area contributed by atoms with Gasteiger partial charge in [-0.3, -0.25) is 0 Å². The lowest BCUT2D eigenvalue weighted by Gasteiger charge is -2.07. The lowest BCUT2D eigenvalue weighted by Crippen LogP contribution is -2.15. The molecule has 0 aliphatic rings. The first-order chi connectivity index (χ1) is 10.8. The van der Waals surface area contributed by atoms with E-state index in [1.54, 1.807) is 0 Å². The third-order valence-electron chi connectivity index (χ3n) is 2.29. The Hall–Kier alpha value is -0.770. The minimum atomic E-state index is -0.983. The van der Waals surface area contributed by atoms with E-state index in [9.17, 15) is 4.79 Å². The number of aliphatic carboxylic acids is 1. The molecule has 0 amide bonds. The molecule has 1 N–H and O–H groups in total. The van der Waals surface area contributed by atoms with Gasteiger partial charge in [0.1, 0.15) is 6.61 Å². The summed E-state index contributed by atoms with van der Waals surface area (Å²) < 4.78 is 31.0. The molecule has 8 heteroatoms. The molecule has 0 atom stereocenters. The van der Waals surface area contributed by atoms with Gasteiger partial charge in [-0.2, -0.15) is 0 Å². The van der Waals surface area contributed by atoms with Crippen LogP contribution in [0, 0.1) is 0 Å². The zero-order valence-electron chi connectivity index (χ0n) is 13.3. The predicted molar refractivity (Wildman–Crippen MR) is 78.2 cm³/mol. The zero-order valence-corrected chi connectivity index (χ0v) is 13.3. The molecule has 0 aromatic rings. The molecule has 22 heavy (non-hydrogen) atoms. The van der Waals surface area contributed by atoms with Crippen LogP contribution in [0.5, 0.6) is 0 Å². The van der Waals surface area contributed by atoms with Gasteiger partial charge < -0.3 is 33.5 Å². The van der Waals surface area contributed by atoms with Gasteiger partial charge in [0.05, 0.1) is 66.1 Å². The van der Waals surface area contributed by atoms with Crippen molar-refractivity contribution in [3.05, 3.63) is 0 Å². The van der Waals surface area contributed by atoms with E-state index in [1.807, 2.05) is 6.92 Å². The van der Waals surface area contributed by atoms with E-state index in [0.29, 0.717) is 66.1 Å². The summed E-state index contributed by atoms with van der Waals surface area (Å²) in [5.74, 6) is -0.983. The Morgan fingerprint density at radius 2 is 0.955 bits per heavy atom. The number of hydrogen-bond acceptors (Lipinski definition) is 7. The van der Waals surface area contributed by atoms with Crippen LogP contribution in [0.3, 0.4) is 0 Å². The van der Waals surface area contributed by atoms with Gasteiger partial charge in [-0.1, -0.05) is 0 Å². The molecule has 0 aliphatic heterocycles. The first kappa shape index (κ1) is 21.2. The summed E-state index contributed by atoms with van der Waals surface area (Å²) in [4.78, 5) is 10.1. The molecule has 0 heterocycles. The van der Waals surface area contributed by atoms with Crippen LogP contribution in [0.4, 0.5) is 0 Å². The van der Waals surface area contributed by atoms with Crippen molar-refractivity contribution >= 4 is 5.97 Å². The fourth-order valence-corrected chi connectivity index (χ4v) is 1.30. The zero-order chi connectivity index (χ0) is 16.3. The van der Waals surface area contributed by atoms with E-state index in [-0.39, 0.29) is 13.2 Å². The van der Waals surface area contributed by atoms with Crippen LogP contribution < -0.4 is 0 Å². The summed E-state index contributed by atoms with van der Waals surface area (Å²) in [5.41, 5.74) is 0. The fourth-order valence-electron chi connectivity index (χ4n) is 1.30. The van der Waals surface area contributed by atoms with Crippen LogP contribution in [0.15, 0.2) is 0 Å². The molecule has 0 rings (SSSR count). The maximum absolute atomic E-state index is 10.1. The Labute approximate surface area is 131 Å². The van der Waals surface area contributed by atoms with E-state index < -0.39 is 5.97 Å². The Morgan fingerprint density at radius 3 is 1.27 bits per heavy atom. The van der Waals surface area contributed by atoms with Crippen molar-refractivity contribution < 1.29 is 38.3 Å². The number of ether oxygens (including phenoxy) is 6. The van der Waals surface area contributed by atoms with E-state index in [0.717, 1.165) is 0 Å². The molecule has 0 radical (unpaired) electrons. The second kappa shape index (κ2) is 18.3. The van der Waals surface area contributed by atoms with Crippen molar-refractivity contribution in [3.8, 4) is 0 Å². The maximum atomic E-state index is 10.1. The molecular formula is C14H28O8. The molecule has 0 aromatic heterocycles. The molecule has 0 saturated heterocycles. The molecule has 0 saturated carbocycles. The Morgan fingerprint density at radius 1 is 0.636 bits per heavy atom. The van der Waals surface area contributed by atoms with Crippen LogP contribution in [-0.4, -0.2) is 90.4 Å². The van der Waals surface area contributed by atoms with Gasteiger partial charge in [0.15, 0.2) is 0 Å². The van der Waals surface area contributed by atoms with Crippen molar-refractivity contribution in [2.75, 3.05) is 79.3 Å². The fraction of sp³-hybridized carbons (Fsp3) is 0.929. The normalized spacial score (nSPS) is 11.0. The summed E-state index contributed by atoms with van der Waals surface area (Å²) in [7, 11) is 0. The van der Waals surface area contributed by atoms with E-state index in [4.69, 9.17) is 33.5 Å². The average molecular weight is 324 g/mol. The number of carboxylic acids is 1. The Balaban J connectivity index is 2.95. The van der Waals surface area contributed by atoms with Crippen molar-refractivity contribution in [1.29, 1.82) is 0 Å². The average Bonchev–Trinajstić information content (AvgIpc) is 2.50. The Bertz CT molecular complexity index is 237. The Kier molecular flexibility index (Phi) is 17.6. The lowest BCUT2D eigenvalue weighted by molar-refractivity contribution is -0.142. The number of carboxylic acid groups (broad SMARTS) is 1. The highest BCUT2D eigenvalue weighted by Crippen LogP contribution is 1.84. The number of hydrogen-bond donors (Lipinski definition) is 1. The van der Waals surface area contributed by atoms with E-state index >= 15 is 0 Å². The maximum Gasteiger partial charge on any atom is 0.329 e. The number of carbonyl (C=O) groups is 1. The van der Waals surface area contributed by atoms with Gasteiger partial charge in [-0.05, 0) is 6.92 Å². The van der Waals surface area contributed by atoms with Gasteiger partial charge in [-0.25, -0.2) is 4.79 Å². The predicted octanol–water partition coefficient (Wildman–Crippen LogP) is 0.191. The van der Waals surface area contributed by atoms with Crippen LogP contribution in [-0.2, 0) is 33.2 Å². The minimum absolute atomic E-state index is 0.263. The largest absolute Gasteiger partial charge is 0.480 e. The third-order valence-corrected chi connectivity index (χ3v) is 2.29. The monoisotopic (exact) mass is 324 g/mol. The third kappa shape index (κ3) is 19.2. The van der Waals surface area contributed by atoms with Crippen LogP contribution >= 0.6 is 0 Å². The number of rotatable bonds is 18. The smallest absolute Gasteiger partial charge is 0.329 e. The quantitative estimate of drug-likeness (QED) is 0.357. The molecule has 0 bridgehead atoms. The van der Waals surface area contributed by atoms with E-state index in [2.05, 4.69) is 0 Å². The van der Waals surface area contributed by atoms with E-state index in [1.165, 1.54) is 0 Å². The summed E-state index contributed by atoms with van der Waals surface area (Å²) >= 11 is 0. The molecule has 132 valence electrons. The van der Waals surface area contributed by atoms with Gasteiger partial charge in [-0.15, -0.1) is 0 Å². The lowest BCUT2D eigenvalue weighted by atomic mass is 10.6. The van der Waals surface area contributed by atoms with Gasteiger partial charge in [0, 0.05) is 6.61 Å². The van der Waals surface area contributed by atoms with Crippen molar-refractivity contribution in [1.82, 2.24) is 0 Å². The molecule has 0 spiro atoms. The summed E-state index contributed by atoms with van der Waals surface area (Å²) in [5, 5.41) is 8.33. The molecular weight excluding hydrogens is 296 g/mol. The standard InChI is InChI=1S/C14H28O8/c1-2-17-3-4-18-5-6-19-7-8-20-9-10-21-11-12-22-13-14(15)16/h2-13H2,1H3,(H,15,16). The van der Waals surface area contributed by atoms with Gasteiger partial charge in [0.2, 0.25) is 0 Å². The minimum Gasteiger partial charge on any atom is -0.480 e. The van der Waals surface area contributed by atoms with Crippen molar-refractivity contribution in [2.24, 2.45) is 0 Å². The van der Waals surface area contributed by atoms with Crippen molar-refractivity contribution in [3.63, 3.8) is 0 Å². The first-order valence-corrected chi connectivity index (χ1v) is 7.45. The highest BCUT2D eigenvalue weighted by Gasteiger charge is 1.96. The SMILES string of the molecule is CCOCCOCCOCCOCCOCCOCC(=O)O. The molecule has 0 unspecified atom stereocenters. The summed E-state index contributed by atoms with van der Waals surface area (Å²) in [6.45, 7) is 7.16. The first-order valence-electron chi connectivity index (χ1n) is 7.45. The van der Waals surface area contributed by atoms with Crippen molar-refractivity contribution in [2.45, 2.75) is 6.92 Å². The highest BCUT2D eigenvalue weighted by atomic mass is 16.6. The van der Waals surface area contributed by atoms with Crippen LogP contribution in [0.1, 0.15) is 6.92 Å². The highest BCUT2D eigenvalue weighted by molar-refractivity contribution is 5.67. The van der Waals surface area contributed by atoms with Crippen LogP contribution in [0.25, 0.3) is 0 Å². The second-order valence-corrected chi connectivity index (χ2v) is 4.09. The summed E-state index contributed by atoms with van der Waals surface area (Å²) in [6, 6.07) is 0. The molecule has 0 aliphatic carbocycles. The second-order valence-electron chi connectivity index (χ2n) is 4.09. The molecule has 8 nitrogen and oxygen atoms in total. The summed E-state index contributed by atoms with van der Waals surface area (Å²) in [6.07, 6.45) is 0. The molecule has 0 aromatic carbocycles. The molecule has 0 fully saturated rings. The van der Waals surface area contributed by atoms with Crippen LogP contribution in [0.2, 0.25) is 0 Å². The van der Waals surface area contributed by atoms with Gasteiger partial charge in [0.25, 0.3) is 0 Å².